The Morgan fingerprint density at radius 1 is 1.32 bits per heavy atom. The quantitative estimate of drug-likeness (QED) is 0.921. The van der Waals surface area contributed by atoms with Crippen LogP contribution in [0.1, 0.15) is 23.7 Å². The van der Waals surface area contributed by atoms with Gasteiger partial charge in [0.1, 0.15) is 0 Å². The number of aromatic nitrogens is 2. The SMILES string of the molecule is CC1(NC(=O)c2ccc(-n3cccn3)cc2)CCS(=O)(=O)C1. The Labute approximate surface area is 129 Å². The summed E-state index contributed by atoms with van der Waals surface area (Å²) in [7, 11) is -3.04. The van der Waals surface area contributed by atoms with Gasteiger partial charge < -0.3 is 5.32 Å². The van der Waals surface area contributed by atoms with Crippen LogP contribution in [0.3, 0.4) is 0 Å². The zero-order valence-corrected chi connectivity index (χ0v) is 13.0. The summed E-state index contributed by atoms with van der Waals surface area (Å²) in [4.78, 5) is 12.3. The van der Waals surface area contributed by atoms with Crippen molar-refractivity contribution in [1.29, 1.82) is 0 Å². The van der Waals surface area contributed by atoms with E-state index in [9.17, 15) is 13.2 Å². The summed E-state index contributed by atoms with van der Waals surface area (Å²) in [5, 5.41) is 6.96. The second-order valence-electron chi connectivity index (χ2n) is 5.85. The van der Waals surface area contributed by atoms with Gasteiger partial charge in [0, 0.05) is 18.0 Å². The highest BCUT2D eigenvalue weighted by Gasteiger charge is 2.39. The van der Waals surface area contributed by atoms with E-state index >= 15 is 0 Å². The molecule has 1 aliphatic rings. The predicted molar refractivity (Wildman–Crippen MR) is 82.7 cm³/mol. The van der Waals surface area contributed by atoms with Crippen LogP contribution in [-0.4, -0.2) is 41.2 Å². The Bertz CT molecular complexity index is 782. The first-order valence-electron chi connectivity index (χ1n) is 7.00. The summed E-state index contributed by atoms with van der Waals surface area (Å²) < 4.78 is 24.9. The molecule has 0 radical (unpaired) electrons. The highest BCUT2D eigenvalue weighted by molar-refractivity contribution is 7.91. The first-order valence-corrected chi connectivity index (χ1v) is 8.82. The summed E-state index contributed by atoms with van der Waals surface area (Å²) in [5.74, 6) is -0.134. The molecule has 1 aliphatic heterocycles. The van der Waals surface area contributed by atoms with E-state index in [4.69, 9.17) is 0 Å². The van der Waals surface area contributed by atoms with Crippen LogP contribution in [0, 0.1) is 0 Å². The molecule has 0 aliphatic carbocycles. The molecular weight excluding hydrogens is 302 g/mol. The average Bonchev–Trinajstić information content (AvgIpc) is 3.07. The van der Waals surface area contributed by atoms with E-state index < -0.39 is 15.4 Å². The average molecular weight is 319 g/mol. The van der Waals surface area contributed by atoms with Crippen LogP contribution < -0.4 is 5.32 Å². The van der Waals surface area contributed by atoms with Crippen molar-refractivity contribution < 1.29 is 13.2 Å². The van der Waals surface area contributed by atoms with E-state index in [-0.39, 0.29) is 17.4 Å². The maximum absolute atomic E-state index is 12.3. The molecule has 0 bridgehead atoms. The Morgan fingerprint density at radius 2 is 2.05 bits per heavy atom. The second kappa shape index (κ2) is 5.24. The van der Waals surface area contributed by atoms with Gasteiger partial charge >= 0.3 is 0 Å². The molecule has 7 heteroatoms. The Kier molecular flexibility index (Phi) is 3.52. The highest BCUT2D eigenvalue weighted by atomic mass is 32.2. The maximum atomic E-state index is 12.3. The van der Waals surface area contributed by atoms with E-state index in [1.165, 1.54) is 0 Å². The number of hydrogen-bond acceptors (Lipinski definition) is 4. The number of rotatable bonds is 3. The Hall–Kier alpha value is -2.15. The van der Waals surface area contributed by atoms with E-state index in [1.807, 2.05) is 12.3 Å². The van der Waals surface area contributed by atoms with Crippen molar-refractivity contribution in [3.05, 3.63) is 48.3 Å². The van der Waals surface area contributed by atoms with Crippen LogP contribution in [0.4, 0.5) is 0 Å². The molecule has 2 aromatic rings. The van der Waals surface area contributed by atoms with Crippen molar-refractivity contribution in [1.82, 2.24) is 15.1 Å². The third-order valence-corrected chi connectivity index (χ3v) is 5.72. The molecule has 1 aromatic carbocycles. The molecule has 1 aromatic heterocycles. The topological polar surface area (TPSA) is 81.1 Å². The van der Waals surface area contributed by atoms with Gasteiger partial charge in [-0.25, -0.2) is 13.1 Å². The zero-order valence-electron chi connectivity index (χ0n) is 12.2. The van der Waals surface area contributed by atoms with Crippen LogP contribution in [0.5, 0.6) is 0 Å². The van der Waals surface area contributed by atoms with Crippen molar-refractivity contribution in [2.24, 2.45) is 0 Å². The maximum Gasteiger partial charge on any atom is 0.251 e. The molecule has 1 fully saturated rings. The fourth-order valence-electron chi connectivity index (χ4n) is 2.64. The van der Waals surface area contributed by atoms with Crippen LogP contribution in [0.15, 0.2) is 42.7 Å². The molecule has 6 nitrogen and oxygen atoms in total. The minimum absolute atomic E-state index is 0.00287. The number of amides is 1. The summed E-state index contributed by atoms with van der Waals surface area (Å²) >= 11 is 0. The van der Waals surface area contributed by atoms with Crippen molar-refractivity contribution in [2.75, 3.05) is 11.5 Å². The standard InChI is InChI=1S/C15H17N3O3S/c1-15(7-10-22(20,21)11-15)17-14(19)12-3-5-13(6-4-12)18-9-2-8-16-18/h2-6,8-9H,7,10-11H2,1H3,(H,17,19). The van der Waals surface area contributed by atoms with E-state index in [0.717, 1.165) is 5.69 Å². The van der Waals surface area contributed by atoms with Crippen molar-refractivity contribution in [3.8, 4) is 5.69 Å². The summed E-state index contributed by atoms with van der Waals surface area (Å²) in [6.07, 6.45) is 3.95. The summed E-state index contributed by atoms with van der Waals surface area (Å²) in [6.45, 7) is 1.77. The summed E-state index contributed by atoms with van der Waals surface area (Å²) in [6, 6.07) is 8.84. The highest BCUT2D eigenvalue weighted by Crippen LogP contribution is 2.23. The van der Waals surface area contributed by atoms with Gasteiger partial charge in [-0.1, -0.05) is 0 Å². The summed E-state index contributed by atoms with van der Waals surface area (Å²) in [5.41, 5.74) is 0.675. The van der Waals surface area contributed by atoms with Crippen molar-refractivity contribution >= 4 is 15.7 Å². The largest absolute Gasteiger partial charge is 0.346 e. The van der Waals surface area contributed by atoms with E-state index in [2.05, 4.69) is 10.4 Å². The lowest BCUT2D eigenvalue weighted by molar-refractivity contribution is 0.0915. The van der Waals surface area contributed by atoms with Gasteiger partial charge in [0.05, 0.1) is 22.7 Å². The number of benzene rings is 1. The third-order valence-electron chi connectivity index (χ3n) is 3.82. The van der Waals surface area contributed by atoms with Crippen LogP contribution in [0.25, 0.3) is 5.69 Å². The van der Waals surface area contributed by atoms with Gasteiger partial charge in [-0.3, -0.25) is 4.79 Å². The second-order valence-corrected chi connectivity index (χ2v) is 8.04. The molecule has 1 amide bonds. The minimum Gasteiger partial charge on any atom is -0.346 e. The van der Waals surface area contributed by atoms with E-state index in [0.29, 0.717) is 12.0 Å². The molecule has 1 unspecified atom stereocenters. The van der Waals surface area contributed by atoms with Gasteiger partial charge in [-0.2, -0.15) is 5.10 Å². The van der Waals surface area contributed by atoms with Gasteiger partial charge in [-0.05, 0) is 43.7 Å². The first kappa shape index (κ1) is 14.8. The first-order chi connectivity index (χ1) is 10.4. The molecule has 0 spiro atoms. The Morgan fingerprint density at radius 3 is 2.59 bits per heavy atom. The lowest BCUT2D eigenvalue weighted by Gasteiger charge is -2.23. The van der Waals surface area contributed by atoms with Gasteiger partial charge in [0.25, 0.3) is 5.91 Å². The molecule has 0 saturated carbocycles. The molecular formula is C15H17N3O3S. The number of nitrogens with zero attached hydrogens (tertiary/aromatic N) is 2. The molecule has 22 heavy (non-hydrogen) atoms. The third kappa shape index (κ3) is 3.04. The van der Waals surface area contributed by atoms with E-state index in [1.54, 1.807) is 42.1 Å². The number of carbonyl (C=O) groups is 1. The number of nitrogens with one attached hydrogen (secondary N) is 1. The van der Waals surface area contributed by atoms with Gasteiger partial charge in [0.2, 0.25) is 0 Å². The fourth-order valence-corrected chi connectivity index (χ4v) is 4.74. The van der Waals surface area contributed by atoms with Crippen molar-refractivity contribution in [2.45, 2.75) is 18.9 Å². The molecule has 116 valence electrons. The molecule has 1 atom stereocenters. The monoisotopic (exact) mass is 319 g/mol. The number of sulfone groups is 1. The molecule has 1 N–H and O–H groups in total. The predicted octanol–water partition coefficient (Wildman–Crippen LogP) is 1.18. The van der Waals surface area contributed by atoms with Crippen LogP contribution in [0.2, 0.25) is 0 Å². The molecule has 1 saturated heterocycles. The number of carbonyl (C=O) groups excluding carboxylic acids is 1. The minimum atomic E-state index is -3.04. The fraction of sp³-hybridized carbons (Fsp3) is 0.333. The van der Waals surface area contributed by atoms with Gasteiger partial charge in [0.15, 0.2) is 9.84 Å². The lowest BCUT2D eigenvalue weighted by Crippen LogP contribution is -2.46. The van der Waals surface area contributed by atoms with Crippen LogP contribution >= 0.6 is 0 Å². The zero-order chi connectivity index (χ0) is 15.8. The van der Waals surface area contributed by atoms with Crippen LogP contribution in [-0.2, 0) is 9.84 Å². The normalized spacial score (nSPS) is 23.3. The van der Waals surface area contributed by atoms with Crippen molar-refractivity contribution in [3.63, 3.8) is 0 Å². The smallest absolute Gasteiger partial charge is 0.251 e. The Balaban J connectivity index is 1.73. The molecule has 3 rings (SSSR count). The molecule has 2 heterocycles. The van der Waals surface area contributed by atoms with Gasteiger partial charge in [-0.15, -0.1) is 0 Å². The lowest BCUT2D eigenvalue weighted by atomic mass is 10.0. The number of hydrogen-bond donors (Lipinski definition) is 1.